The zero-order chi connectivity index (χ0) is 15.6. The number of fused-ring (bicyclic) bond motifs is 1. The van der Waals surface area contributed by atoms with E-state index in [4.69, 9.17) is 0 Å². The van der Waals surface area contributed by atoms with E-state index in [9.17, 15) is 14.7 Å². The lowest BCUT2D eigenvalue weighted by atomic mass is 9.99. The van der Waals surface area contributed by atoms with Crippen LogP contribution in [0.4, 0.5) is 0 Å². The normalized spacial score (nSPS) is 13.9. The third-order valence-electron chi connectivity index (χ3n) is 3.95. The van der Waals surface area contributed by atoms with Gasteiger partial charge in [0.15, 0.2) is 0 Å². The first-order valence-electron chi connectivity index (χ1n) is 7.03. The number of rotatable bonds is 5. The number of hydrogen-bond acceptors (Lipinski definition) is 2. The summed E-state index contributed by atoms with van der Waals surface area (Å²) < 4.78 is 1.78. The number of nitrogens with one attached hydrogen (secondary N) is 1. The van der Waals surface area contributed by atoms with Crippen LogP contribution in [-0.2, 0) is 11.8 Å². The van der Waals surface area contributed by atoms with Crippen molar-refractivity contribution in [2.75, 3.05) is 0 Å². The fourth-order valence-corrected chi connectivity index (χ4v) is 2.41. The van der Waals surface area contributed by atoms with Crippen molar-refractivity contribution in [3.8, 4) is 0 Å². The smallest absolute Gasteiger partial charge is 0.326 e. The van der Waals surface area contributed by atoms with Gasteiger partial charge in [-0.05, 0) is 18.1 Å². The van der Waals surface area contributed by atoms with Gasteiger partial charge in [0.25, 0.3) is 5.91 Å². The molecule has 0 spiro atoms. The van der Waals surface area contributed by atoms with Crippen molar-refractivity contribution in [2.24, 2.45) is 13.0 Å². The van der Waals surface area contributed by atoms with Crippen LogP contribution in [0.15, 0.2) is 30.3 Å². The van der Waals surface area contributed by atoms with E-state index < -0.39 is 12.0 Å². The third kappa shape index (κ3) is 2.91. The summed E-state index contributed by atoms with van der Waals surface area (Å²) in [4.78, 5) is 23.7. The highest BCUT2D eigenvalue weighted by molar-refractivity contribution is 6.00. The zero-order valence-electron chi connectivity index (χ0n) is 12.5. The minimum absolute atomic E-state index is 0.124. The summed E-state index contributed by atoms with van der Waals surface area (Å²) >= 11 is 0. The summed E-state index contributed by atoms with van der Waals surface area (Å²) in [5.74, 6) is -1.49. The van der Waals surface area contributed by atoms with Gasteiger partial charge in [0.2, 0.25) is 0 Å². The minimum Gasteiger partial charge on any atom is -0.480 e. The Balaban J connectivity index is 2.29. The van der Waals surface area contributed by atoms with Gasteiger partial charge in [-0.25, -0.2) is 4.79 Å². The quantitative estimate of drug-likeness (QED) is 0.887. The van der Waals surface area contributed by atoms with E-state index in [1.54, 1.807) is 17.7 Å². The number of carbonyl (C=O) groups excluding carboxylic acids is 1. The van der Waals surface area contributed by atoms with E-state index in [1.807, 2.05) is 38.1 Å². The van der Waals surface area contributed by atoms with Crippen LogP contribution in [0, 0.1) is 5.92 Å². The van der Waals surface area contributed by atoms with Crippen LogP contribution in [0.5, 0.6) is 0 Å². The first-order chi connectivity index (χ1) is 9.95. The van der Waals surface area contributed by atoms with Crippen LogP contribution >= 0.6 is 0 Å². The van der Waals surface area contributed by atoms with Crippen LogP contribution in [0.2, 0.25) is 0 Å². The minimum atomic E-state index is -1.00. The first-order valence-corrected chi connectivity index (χ1v) is 7.03. The van der Waals surface area contributed by atoms with Gasteiger partial charge in [0.05, 0.1) is 0 Å². The van der Waals surface area contributed by atoms with Gasteiger partial charge in [0.1, 0.15) is 11.7 Å². The molecule has 0 aliphatic heterocycles. The molecule has 2 aromatic rings. The maximum atomic E-state index is 12.4. The summed E-state index contributed by atoms with van der Waals surface area (Å²) in [6.45, 7) is 3.73. The average Bonchev–Trinajstić information content (AvgIpc) is 2.81. The second kappa shape index (κ2) is 5.99. The molecule has 0 fully saturated rings. The lowest BCUT2D eigenvalue weighted by molar-refractivity contribution is -0.140. The van der Waals surface area contributed by atoms with Crippen LogP contribution in [0.1, 0.15) is 30.8 Å². The largest absolute Gasteiger partial charge is 0.480 e. The molecule has 1 amide bonds. The molecule has 21 heavy (non-hydrogen) atoms. The predicted molar refractivity (Wildman–Crippen MR) is 81.3 cm³/mol. The first kappa shape index (κ1) is 15.1. The lowest BCUT2D eigenvalue weighted by Gasteiger charge is -2.20. The van der Waals surface area contributed by atoms with E-state index in [-0.39, 0.29) is 11.8 Å². The molecule has 2 atom stereocenters. The van der Waals surface area contributed by atoms with Crippen molar-refractivity contribution >= 4 is 22.8 Å². The Morgan fingerprint density at radius 2 is 2.00 bits per heavy atom. The summed E-state index contributed by atoms with van der Waals surface area (Å²) in [6, 6.07) is 8.57. The number of amides is 1. The lowest BCUT2D eigenvalue weighted by Crippen LogP contribution is -2.45. The highest BCUT2D eigenvalue weighted by Crippen LogP contribution is 2.18. The molecule has 0 saturated carbocycles. The Morgan fingerprint density at radius 1 is 1.33 bits per heavy atom. The standard InChI is InChI=1S/C16H20N2O3/c1-4-10(2)14(16(20)21)17-15(19)13-9-11-7-5-6-8-12(11)18(13)3/h5-10,14H,4H2,1-3H3,(H,17,19)(H,20,21)/t10-,14+/m1/s1. The van der Waals surface area contributed by atoms with Gasteiger partial charge in [-0.3, -0.25) is 4.79 Å². The third-order valence-corrected chi connectivity index (χ3v) is 3.95. The maximum Gasteiger partial charge on any atom is 0.326 e. The molecular formula is C16H20N2O3. The van der Waals surface area contributed by atoms with Gasteiger partial charge in [-0.1, -0.05) is 38.5 Å². The summed E-state index contributed by atoms with van der Waals surface area (Å²) in [5, 5.41) is 12.8. The van der Waals surface area contributed by atoms with E-state index in [1.165, 1.54) is 0 Å². The molecule has 2 rings (SSSR count). The fourth-order valence-electron chi connectivity index (χ4n) is 2.41. The van der Waals surface area contributed by atoms with E-state index >= 15 is 0 Å². The number of aryl methyl sites for hydroxylation is 1. The van der Waals surface area contributed by atoms with Crippen molar-refractivity contribution in [2.45, 2.75) is 26.3 Å². The Bertz CT molecular complexity index is 675. The predicted octanol–water partition coefficient (Wildman–Crippen LogP) is 2.41. The van der Waals surface area contributed by atoms with Gasteiger partial charge >= 0.3 is 5.97 Å². The SMILES string of the molecule is CC[C@@H](C)[C@H](NC(=O)c1cc2ccccc2n1C)C(=O)O. The van der Waals surface area contributed by atoms with Gasteiger partial charge in [-0.15, -0.1) is 0 Å². The van der Waals surface area contributed by atoms with E-state index in [2.05, 4.69) is 5.32 Å². The van der Waals surface area contributed by atoms with E-state index in [0.717, 1.165) is 10.9 Å². The Hall–Kier alpha value is -2.30. The fraction of sp³-hybridized carbons (Fsp3) is 0.375. The molecule has 0 unspecified atom stereocenters. The highest BCUT2D eigenvalue weighted by atomic mass is 16.4. The van der Waals surface area contributed by atoms with Crippen molar-refractivity contribution in [3.05, 3.63) is 36.0 Å². The molecule has 1 aromatic carbocycles. The topological polar surface area (TPSA) is 71.3 Å². The number of para-hydroxylation sites is 1. The van der Waals surface area contributed by atoms with Crippen molar-refractivity contribution in [3.63, 3.8) is 0 Å². The maximum absolute atomic E-state index is 12.4. The average molecular weight is 288 g/mol. The molecule has 112 valence electrons. The second-order valence-corrected chi connectivity index (χ2v) is 5.32. The number of benzene rings is 1. The van der Waals surface area contributed by atoms with Crippen LogP contribution in [-0.4, -0.2) is 27.6 Å². The number of carboxylic acids is 1. The molecule has 2 N–H and O–H groups in total. The molecule has 0 bridgehead atoms. The van der Waals surface area contributed by atoms with Crippen molar-refractivity contribution in [1.82, 2.24) is 9.88 Å². The molecule has 0 aliphatic carbocycles. The molecule has 0 saturated heterocycles. The molecular weight excluding hydrogens is 268 g/mol. The summed E-state index contributed by atoms with van der Waals surface area (Å²) in [6.07, 6.45) is 0.687. The molecule has 5 nitrogen and oxygen atoms in total. The van der Waals surface area contributed by atoms with Crippen molar-refractivity contribution < 1.29 is 14.7 Å². The number of aliphatic carboxylic acids is 1. The number of hydrogen-bond donors (Lipinski definition) is 2. The number of carbonyl (C=O) groups is 2. The Labute approximate surface area is 123 Å². The number of carboxylic acid groups (broad SMARTS) is 1. The summed E-state index contributed by atoms with van der Waals surface area (Å²) in [7, 11) is 1.80. The zero-order valence-corrected chi connectivity index (χ0v) is 12.5. The van der Waals surface area contributed by atoms with Gasteiger partial charge < -0.3 is 15.0 Å². The Morgan fingerprint density at radius 3 is 2.57 bits per heavy atom. The number of nitrogens with zero attached hydrogens (tertiary/aromatic N) is 1. The number of aromatic nitrogens is 1. The van der Waals surface area contributed by atoms with Crippen LogP contribution in [0.3, 0.4) is 0 Å². The molecule has 1 aromatic heterocycles. The Kier molecular flexibility index (Phi) is 4.31. The van der Waals surface area contributed by atoms with Crippen molar-refractivity contribution in [1.29, 1.82) is 0 Å². The molecule has 5 heteroatoms. The highest BCUT2D eigenvalue weighted by Gasteiger charge is 2.26. The van der Waals surface area contributed by atoms with Gasteiger partial charge in [-0.2, -0.15) is 0 Å². The second-order valence-electron chi connectivity index (χ2n) is 5.32. The van der Waals surface area contributed by atoms with E-state index in [0.29, 0.717) is 12.1 Å². The monoisotopic (exact) mass is 288 g/mol. The summed E-state index contributed by atoms with van der Waals surface area (Å²) in [5.41, 5.74) is 1.41. The molecule has 0 radical (unpaired) electrons. The van der Waals surface area contributed by atoms with Gasteiger partial charge in [0, 0.05) is 18.0 Å². The molecule has 1 heterocycles. The molecule has 0 aliphatic rings. The van der Waals surface area contributed by atoms with Crippen LogP contribution in [0.25, 0.3) is 10.9 Å². The van der Waals surface area contributed by atoms with Crippen LogP contribution < -0.4 is 5.32 Å².